The van der Waals surface area contributed by atoms with Gasteiger partial charge in [0.1, 0.15) is 0 Å². The number of hydrogen-bond donors (Lipinski definition) is 2. The summed E-state index contributed by atoms with van der Waals surface area (Å²) < 4.78 is 0. The smallest absolute Gasteiger partial charge is 0.251 e. The molecule has 0 saturated carbocycles. The van der Waals surface area contributed by atoms with Crippen LogP contribution in [0.25, 0.3) is 0 Å². The minimum atomic E-state index is -0.0437. The maximum absolute atomic E-state index is 12.1. The SMILES string of the molecule is NCC#Cc1cccc(C(=O)NCCN2CCSCC2)c1. The number of nitrogens with two attached hydrogens (primary N) is 1. The molecule has 1 heterocycles. The number of nitrogens with zero attached hydrogens (tertiary/aromatic N) is 1. The van der Waals surface area contributed by atoms with Crippen LogP contribution in [-0.4, -0.2) is 55.0 Å². The molecule has 5 heteroatoms. The van der Waals surface area contributed by atoms with Crippen molar-refractivity contribution >= 4 is 17.7 Å². The lowest BCUT2D eigenvalue weighted by Crippen LogP contribution is -2.39. The van der Waals surface area contributed by atoms with Gasteiger partial charge < -0.3 is 11.1 Å². The van der Waals surface area contributed by atoms with Crippen molar-refractivity contribution in [3.8, 4) is 11.8 Å². The van der Waals surface area contributed by atoms with Crippen LogP contribution in [0.2, 0.25) is 0 Å². The van der Waals surface area contributed by atoms with E-state index < -0.39 is 0 Å². The number of hydrogen-bond acceptors (Lipinski definition) is 4. The number of carbonyl (C=O) groups excluding carboxylic acids is 1. The van der Waals surface area contributed by atoms with Crippen LogP contribution in [0.1, 0.15) is 15.9 Å². The summed E-state index contributed by atoms with van der Waals surface area (Å²) in [7, 11) is 0. The molecule has 1 aliphatic heterocycles. The Morgan fingerprint density at radius 2 is 2.19 bits per heavy atom. The highest BCUT2D eigenvalue weighted by Gasteiger charge is 2.10. The van der Waals surface area contributed by atoms with Gasteiger partial charge in [-0.05, 0) is 18.2 Å². The molecule has 1 fully saturated rings. The molecule has 21 heavy (non-hydrogen) atoms. The second-order valence-electron chi connectivity index (χ2n) is 4.80. The largest absolute Gasteiger partial charge is 0.351 e. The van der Waals surface area contributed by atoms with Gasteiger partial charge in [0, 0.05) is 48.8 Å². The van der Waals surface area contributed by atoms with Gasteiger partial charge in [-0.25, -0.2) is 0 Å². The molecule has 3 N–H and O–H groups in total. The molecule has 4 nitrogen and oxygen atoms in total. The van der Waals surface area contributed by atoms with Crippen molar-refractivity contribution in [2.45, 2.75) is 0 Å². The zero-order valence-corrected chi connectivity index (χ0v) is 12.9. The molecule has 1 amide bonds. The predicted molar refractivity (Wildman–Crippen MR) is 88.5 cm³/mol. The van der Waals surface area contributed by atoms with Gasteiger partial charge in [0.25, 0.3) is 5.91 Å². The Bertz CT molecular complexity index is 530. The number of benzene rings is 1. The molecular formula is C16H21N3OS. The van der Waals surface area contributed by atoms with Crippen LogP contribution in [0, 0.1) is 11.8 Å². The van der Waals surface area contributed by atoms with E-state index in [1.54, 1.807) is 12.1 Å². The van der Waals surface area contributed by atoms with Crippen molar-refractivity contribution in [1.82, 2.24) is 10.2 Å². The number of thioether (sulfide) groups is 1. The van der Waals surface area contributed by atoms with Gasteiger partial charge in [0.05, 0.1) is 6.54 Å². The van der Waals surface area contributed by atoms with Crippen molar-refractivity contribution in [3.05, 3.63) is 35.4 Å². The average molecular weight is 303 g/mol. The molecule has 2 rings (SSSR count). The van der Waals surface area contributed by atoms with Crippen molar-refractivity contribution in [1.29, 1.82) is 0 Å². The third kappa shape index (κ3) is 5.43. The lowest BCUT2D eigenvalue weighted by atomic mass is 10.1. The number of carbonyl (C=O) groups is 1. The maximum Gasteiger partial charge on any atom is 0.251 e. The molecule has 1 aliphatic rings. The normalized spacial score (nSPS) is 15.1. The average Bonchev–Trinajstić information content (AvgIpc) is 2.54. The lowest BCUT2D eigenvalue weighted by Gasteiger charge is -2.25. The molecule has 0 aliphatic carbocycles. The summed E-state index contributed by atoms with van der Waals surface area (Å²) in [6, 6.07) is 7.33. The summed E-state index contributed by atoms with van der Waals surface area (Å²) in [6.07, 6.45) is 0. The van der Waals surface area contributed by atoms with E-state index in [1.807, 2.05) is 23.9 Å². The number of amides is 1. The molecule has 0 atom stereocenters. The fourth-order valence-electron chi connectivity index (χ4n) is 2.15. The lowest BCUT2D eigenvalue weighted by molar-refractivity contribution is 0.0949. The van der Waals surface area contributed by atoms with Gasteiger partial charge in [-0.15, -0.1) is 0 Å². The quantitative estimate of drug-likeness (QED) is 0.807. The fraction of sp³-hybridized carbons (Fsp3) is 0.438. The molecule has 1 saturated heterocycles. The van der Waals surface area contributed by atoms with E-state index in [-0.39, 0.29) is 5.91 Å². The van der Waals surface area contributed by atoms with Crippen LogP contribution in [0.5, 0.6) is 0 Å². The van der Waals surface area contributed by atoms with Gasteiger partial charge in [0.15, 0.2) is 0 Å². The first kappa shape index (κ1) is 15.9. The molecule has 0 radical (unpaired) electrons. The third-order valence-electron chi connectivity index (χ3n) is 3.28. The summed E-state index contributed by atoms with van der Waals surface area (Å²) in [5, 5.41) is 2.97. The van der Waals surface area contributed by atoms with Crippen LogP contribution in [0.4, 0.5) is 0 Å². The molecule has 0 bridgehead atoms. The molecular weight excluding hydrogens is 282 g/mol. The van der Waals surface area contributed by atoms with Crippen molar-refractivity contribution in [2.24, 2.45) is 5.73 Å². The predicted octanol–water partition coefficient (Wildman–Crippen LogP) is 0.775. The van der Waals surface area contributed by atoms with Gasteiger partial charge in [-0.2, -0.15) is 11.8 Å². The van der Waals surface area contributed by atoms with E-state index in [0.717, 1.165) is 25.2 Å². The van der Waals surface area contributed by atoms with Crippen molar-refractivity contribution < 1.29 is 4.79 Å². The Kier molecular flexibility index (Phi) is 6.61. The minimum absolute atomic E-state index is 0.0437. The van der Waals surface area contributed by atoms with E-state index in [2.05, 4.69) is 22.1 Å². The highest BCUT2D eigenvalue weighted by molar-refractivity contribution is 7.99. The Balaban J connectivity index is 1.82. The van der Waals surface area contributed by atoms with Gasteiger partial charge in [-0.3, -0.25) is 9.69 Å². The summed E-state index contributed by atoms with van der Waals surface area (Å²) in [5.74, 6) is 8.07. The van der Waals surface area contributed by atoms with Crippen LogP contribution < -0.4 is 11.1 Å². The highest BCUT2D eigenvalue weighted by Crippen LogP contribution is 2.08. The van der Waals surface area contributed by atoms with Gasteiger partial charge in [0.2, 0.25) is 0 Å². The van der Waals surface area contributed by atoms with Crippen LogP contribution in [0.3, 0.4) is 0 Å². The zero-order chi connectivity index (χ0) is 14.9. The van der Waals surface area contributed by atoms with E-state index in [4.69, 9.17) is 5.73 Å². The molecule has 1 aromatic carbocycles. The van der Waals surface area contributed by atoms with E-state index >= 15 is 0 Å². The summed E-state index contributed by atoms with van der Waals surface area (Å²) in [6.45, 7) is 4.15. The Morgan fingerprint density at radius 3 is 2.95 bits per heavy atom. The van der Waals surface area contributed by atoms with E-state index in [1.165, 1.54) is 11.5 Å². The van der Waals surface area contributed by atoms with Crippen molar-refractivity contribution in [2.75, 3.05) is 44.2 Å². The molecule has 1 aromatic rings. The Hall–Kier alpha value is -1.48. The van der Waals surface area contributed by atoms with E-state index in [0.29, 0.717) is 18.7 Å². The number of rotatable bonds is 4. The van der Waals surface area contributed by atoms with Crippen molar-refractivity contribution in [3.63, 3.8) is 0 Å². The number of nitrogens with one attached hydrogen (secondary N) is 1. The first-order valence-electron chi connectivity index (χ1n) is 7.17. The maximum atomic E-state index is 12.1. The first-order valence-corrected chi connectivity index (χ1v) is 8.32. The molecule has 0 unspecified atom stereocenters. The second kappa shape index (κ2) is 8.73. The molecule has 112 valence electrons. The van der Waals surface area contributed by atoms with Crippen LogP contribution in [0.15, 0.2) is 24.3 Å². The zero-order valence-electron chi connectivity index (χ0n) is 12.1. The summed E-state index contributed by atoms with van der Waals surface area (Å²) in [4.78, 5) is 14.5. The monoisotopic (exact) mass is 303 g/mol. The molecule has 0 spiro atoms. The van der Waals surface area contributed by atoms with Gasteiger partial charge in [-0.1, -0.05) is 17.9 Å². The standard InChI is InChI=1S/C16H21N3OS/c17-6-2-4-14-3-1-5-15(13-14)16(20)18-7-8-19-9-11-21-12-10-19/h1,3,5,13H,6-12,17H2,(H,18,20). The first-order chi connectivity index (χ1) is 10.3. The Labute approximate surface area is 130 Å². The topological polar surface area (TPSA) is 58.4 Å². The third-order valence-corrected chi connectivity index (χ3v) is 4.22. The van der Waals surface area contributed by atoms with Gasteiger partial charge >= 0.3 is 0 Å². The summed E-state index contributed by atoms with van der Waals surface area (Å²) in [5.41, 5.74) is 6.82. The Morgan fingerprint density at radius 1 is 1.38 bits per heavy atom. The van der Waals surface area contributed by atoms with Crippen LogP contribution in [-0.2, 0) is 0 Å². The minimum Gasteiger partial charge on any atom is -0.351 e. The highest BCUT2D eigenvalue weighted by atomic mass is 32.2. The molecule has 0 aromatic heterocycles. The fourth-order valence-corrected chi connectivity index (χ4v) is 3.12. The van der Waals surface area contributed by atoms with E-state index in [9.17, 15) is 4.79 Å². The summed E-state index contributed by atoms with van der Waals surface area (Å²) >= 11 is 1.99. The second-order valence-corrected chi connectivity index (χ2v) is 6.02. The van der Waals surface area contributed by atoms with Crippen LogP contribution >= 0.6 is 11.8 Å².